The molecule has 0 radical (unpaired) electrons. The molecule has 1 fully saturated rings. The summed E-state index contributed by atoms with van der Waals surface area (Å²) in [6.45, 7) is 0. The molecule has 4 aromatic rings. The molecule has 2 heterocycles. The van der Waals surface area contributed by atoms with Crippen LogP contribution in [0.3, 0.4) is 0 Å². The van der Waals surface area contributed by atoms with E-state index in [1.807, 2.05) is 24.3 Å². The molecule has 1 aliphatic carbocycles. The first-order valence-corrected chi connectivity index (χ1v) is 11.3. The Labute approximate surface area is 201 Å². The SMILES string of the molecule is COc1cccc(C=Cc2nc3cc(F)c(F)cc3n2-c2ncccc2C#N)c1OC1CCCC1. The molecule has 0 amide bonds. The molecule has 0 spiro atoms. The van der Waals surface area contributed by atoms with E-state index in [1.54, 1.807) is 29.9 Å². The Balaban J connectivity index is 1.65. The minimum atomic E-state index is -1.01. The highest BCUT2D eigenvalue weighted by Gasteiger charge is 2.21. The molecule has 0 atom stereocenters. The summed E-state index contributed by atoms with van der Waals surface area (Å²) < 4.78 is 41.5. The van der Waals surface area contributed by atoms with Gasteiger partial charge in [-0.15, -0.1) is 0 Å². The van der Waals surface area contributed by atoms with E-state index in [1.165, 1.54) is 6.20 Å². The number of aromatic nitrogens is 3. The molecule has 35 heavy (non-hydrogen) atoms. The van der Waals surface area contributed by atoms with E-state index in [2.05, 4.69) is 16.0 Å². The first-order valence-electron chi connectivity index (χ1n) is 11.3. The normalized spacial score (nSPS) is 14.0. The van der Waals surface area contributed by atoms with Gasteiger partial charge in [-0.3, -0.25) is 4.57 Å². The maximum atomic E-state index is 14.2. The van der Waals surface area contributed by atoms with E-state index in [4.69, 9.17) is 9.47 Å². The van der Waals surface area contributed by atoms with Gasteiger partial charge < -0.3 is 9.47 Å². The molecule has 0 bridgehead atoms. The van der Waals surface area contributed by atoms with Gasteiger partial charge in [0.1, 0.15) is 11.9 Å². The van der Waals surface area contributed by atoms with Crippen LogP contribution in [0.2, 0.25) is 0 Å². The van der Waals surface area contributed by atoms with Crippen molar-refractivity contribution in [1.29, 1.82) is 5.26 Å². The van der Waals surface area contributed by atoms with Crippen LogP contribution in [0.4, 0.5) is 8.78 Å². The number of halogens is 2. The average Bonchev–Trinajstić information content (AvgIpc) is 3.51. The van der Waals surface area contributed by atoms with Crippen molar-refractivity contribution in [3.05, 3.63) is 77.2 Å². The predicted octanol–water partition coefficient (Wildman–Crippen LogP) is 6.07. The number of nitrogens with zero attached hydrogens (tertiary/aromatic N) is 4. The fourth-order valence-corrected chi connectivity index (χ4v) is 4.38. The summed E-state index contributed by atoms with van der Waals surface area (Å²) in [6.07, 6.45) is 9.43. The lowest BCUT2D eigenvalue weighted by Gasteiger charge is -2.18. The summed E-state index contributed by atoms with van der Waals surface area (Å²) in [5, 5.41) is 9.61. The number of fused-ring (bicyclic) bond motifs is 1. The third-order valence-corrected chi connectivity index (χ3v) is 6.07. The highest BCUT2D eigenvalue weighted by molar-refractivity contribution is 5.83. The lowest BCUT2D eigenvalue weighted by atomic mass is 10.1. The van der Waals surface area contributed by atoms with E-state index in [9.17, 15) is 14.0 Å². The molecule has 0 aliphatic heterocycles. The third kappa shape index (κ3) is 4.33. The molecular formula is C27H22F2N4O2. The molecule has 8 heteroatoms. The highest BCUT2D eigenvalue weighted by atomic mass is 19.2. The zero-order chi connectivity index (χ0) is 24.4. The van der Waals surface area contributed by atoms with Crippen molar-refractivity contribution in [2.75, 3.05) is 7.11 Å². The van der Waals surface area contributed by atoms with Crippen LogP contribution < -0.4 is 9.47 Å². The number of nitriles is 1. The number of methoxy groups -OCH3 is 1. The van der Waals surface area contributed by atoms with E-state index in [0.717, 1.165) is 43.4 Å². The van der Waals surface area contributed by atoms with Crippen molar-refractivity contribution in [3.8, 4) is 23.4 Å². The standard InChI is InChI=1S/C27H22F2N4O2/c1-34-24-10-4-6-17(26(24)35-19-8-2-3-9-19)11-12-25-32-22-14-20(28)21(29)15-23(22)33(25)27-18(16-30)7-5-13-31-27/h4-7,10-15,19H,2-3,8-9H2,1H3. The van der Waals surface area contributed by atoms with Crippen molar-refractivity contribution in [2.24, 2.45) is 0 Å². The lowest BCUT2D eigenvalue weighted by Crippen LogP contribution is -2.12. The molecule has 5 rings (SSSR count). The summed E-state index contributed by atoms with van der Waals surface area (Å²) in [7, 11) is 1.59. The van der Waals surface area contributed by atoms with Crippen LogP contribution in [0.15, 0.2) is 48.7 Å². The molecule has 0 saturated heterocycles. The smallest absolute Gasteiger partial charge is 0.168 e. The van der Waals surface area contributed by atoms with Crippen molar-refractivity contribution < 1.29 is 18.3 Å². The maximum Gasteiger partial charge on any atom is 0.168 e. The summed E-state index contributed by atoms with van der Waals surface area (Å²) in [5.74, 6) is -0.129. The molecule has 1 saturated carbocycles. The minimum absolute atomic E-state index is 0.126. The summed E-state index contributed by atoms with van der Waals surface area (Å²) in [5.41, 5.74) is 1.59. The molecule has 0 N–H and O–H groups in total. The molecule has 2 aromatic heterocycles. The van der Waals surface area contributed by atoms with Crippen LogP contribution in [0, 0.1) is 23.0 Å². The minimum Gasteiger partial charge on any atom is -0.493 e. The van der Waals surface area contributed by atoms with E-state index in [0.29, 0.717) is 22.8 Å². The fourth-order valence-electron chi connectivity index (χ4n) is 4.38. The quantitative estimate of drug-likeness (QED) is 0.341. The van der Waals surface area contributed by atoms with Crippen LogP contribution in [-0.4, -0.2) is 27.7 Å². The van der Waals surface area contributed by atoms with Crippen molar-refractivity contribution in [3.63, 3.8) is 0 Å². The predicted molar refractivity (Wildman–Crippen MR) is 128 cm³/mol. The van der Waals surface area contributed by atoms with Gasteiger partial charge in [0, 0.05) is 23.9 Å². The second kappa shape index (κ2) is 9.55. The van der Waals surface area contributed by atoms with Crippen molar-refractivity contribution >= 4 is 23.2 Å². The number of ether oxygens (including phenoxy) is 2. The topological polar surface area (TPSA) is 73.0 Å². The van der Waals surface area contributed by atoms with Gasteiger partial charge in [-0.1, -0.05) is 12.1 Å². The number of pyridine rings is 1. The Hall–Kier alpha value is -4.25. The maximum absolute atomic E-state index is 14.2. The van der Waals surface area contributed by atoms with Crippen LogP contribution >= 0.6 is 0 Å². The van der Waals surface area contributed by atoms with Gasteiger partial charge in [-0.05, 0) is 56.0 Å². The number of para-hydroxylation sites is 1. The zero-order valence-electron chi connectivity index (χ0n) is 19.0. The molecular weight excluding hydrogens is 450 g/mol. The number of hydrogen-bond acceptors (Lipinski definition) is 5. The van der Waals surface area contributed by atoms with E-state index >= 15 is 0 Å². The van der Waals surface area contributed by atoms with Gasteiger partial charge in [0.25, 0.3) is 0 Å². The number of imidazole rings is 1. The van der Waals surface area contributed by atoms with Gasteiger partial charge in [-0.2, -0.15) is 5.26 Å². The van der Waals surface area contributed by atoms with E-state index < -0.39 is 11.6 Å². The van der Waals surface area contributed by atoms with Gasteiger partial charge in [0.05, 0.1) is 29.8 Å². The third-order valence-electron chi connectivity index (χ3n) is 6.07. The molecule has 0 unspecified atom stereocenters. The lowest BCUT2D eigenvalue weighted by molar-refractivity contribution is 0.200. The summed E-state index contributed by atoms with van der Waals surface area (Å²) >= 11 is 0. The molecule has 1 aliphatic rings. The number of rotatable bonds is 6. The first kappa shape index (κ1) is 22.5. The molecule has 2 aromatic carbocycles. The Morgan fingerprint density at radius 2 is 1.89 bits per heavy atom. The van der Waals surface area contributed by atoms with Crippen LogP contribution in [-0.2, 0) is 0 Å². The Morgan fingerprint density at radius 3 is 2.66 bits per heavy atom. The van der Waals surface area contributed by atoms with Gasteiger partial charge in [0.15, 0.2) is 29.0 Å². The zero-order valence-corrected chi connectivity index (χ0v) is 19.0. The second-order valence-electron chi connectivity index (χ2n) is 8.28. The first-order chi connectivity index (χ1) is 17.1. The van der Waals surface area contributed by atoms with Gasteiger partial charge >= 0.3 is 0 Å². The second-order valence-corrected chi connectivity index (χ2v) is 8.28. The monoisotopic (exact) mass is 472 g/mol. The highest BCUT2D eigenvalue weighted by Crippen LogP contribution is 2.36. The largest absolute Gasteiger partial charge is 0.493 e. The van der Waals surface area contributed by atoms with Crippen LogP contribution in [0.25, 0.3) is 29.0 Å². The van der Waals surface area contributed by atoms with Crippen molar-refractivity contribution in [1.82, 2.24) is 14.5 Å². The average molecular weight is 472 g/mol. The van der Waals surface area contributed by atoms with E-state index in [-0.39, 0.29) is 23.0 Å². The fraction of sp³-hybridized carbons (Fsp3) is 0.222. The van der Waals surface area contributed by atoms with Gasteiger partial charge in [0.2, 0.25) is 0 Å². The number of hydrogen-bond donors (Lipinski definition) is 0. The summed E-state index contributed by atoms with van der Waals surface area (Å²) in [6, 6.07) is 13.0. The Kier molecular flexibility index (Phi) is 6.15. The molecule has 176 valence electrons. The van der Waals surface area contributed by atoms with Gasteiger partial charge in [-0.25, -0.2) is 18.7 Å². The van der Waals surface area contributed by atoms with Crippen LogP contribution in [0.1, 0.15) is 42.6 Å². The Bertz CT molecular complexity index is 1470. The van der Waals surface area contributed by atoms with Crippen LogP contribution in [0.5, 0.6) is 11.5 Å². The van der Waals surface area contributed by atoms with Crippen molar-refractivity contribution in [2.45, 2.75) is 31.8 Å². The summed E-state index contributed by atoms with van der Waals surface area (Å²) in [4.78, 5) is 8.83. The molecule has 6 nitrogen and oxygen atoms in total. The number of benzene rings is 2. The Morgan fingerprint density at radius 1 is 1.09 bits per heavy atom.